The number of carbonyl (C=O) groups is 1. The number of nitrogens with one attached hydrogen (secondary N) is 1. The van der Waals surface area contributed by atoms with Gasteiger partial charge >= 0.3 is 0 Å². The second-order valence-electron chi connectivity index (χ2n) is 7.56. The SMILES string of the molecule is CC(C)CC1NC(C2CCCC2)N(CC2CCSC2)C1=O. The quantitative estimate of drug-likeness (QED) is 0.847. The van der Waals surface area contributed by atoms with Gasteiger partial charge in [-0.15, -0.1) is 0 Å². The first kappa shape index (κ1) is 15.7. The Balaban J connectivity index is 1.69. The van der Waals surface area contributed by atoms with Crippen LogP contribution < -0.4 is 5.32 Å². The molecule has 3 fully saturated rings. The van der Waals surface area contributed by atoms with E-state index in [0.717, 1.165) is 18.9 Å². The molecule has 1 saturated carbocycles. The lowest BCUT2D eigenvalue weighted by atomic mass is 10.0. The largest absolute Gasteiger partial charge is 0.325 e. The average molecular weight is 311 g/mol. The van der Waals surface area contributed by atoms with Gasteiger partial charge in [0, 0.05) is 6.54 Å². The third-order valence-corrected chi connectivity index (χ3v) is 6.55. The van der Waals surface area contributed by atoms with Gasteiger partial charge in [-0.3, -0.25) is 10.1 Å². The Labute approximate surface area is 133 Å². The Morgan fingerprint density at radius 3 is 2.67 bits per heavy atom. The number of thioether (sulfide) groups is 1. The second-order valence-corrected chi connectivity index (χ2v) is 8.71. The molecular weight excluding hydrogens is 280 g/mol. The fourth-order valence-corrected chi connectivity index (χ4v) is 5.49. The second kappa shape index (κ2) is 6.91. The fourth-order valence-electron chi connectivity index (χ4n) is 4.22. The highest BCUT2D eigenvalue weighted by molar-refractivity contribution is 7.99. The summed E-state index contributed by atoms with van der Waals surface area (Å²) in [6.45, 7) is 5.43. The van der Waals surface area contributed by atoms with Crippen molar-refractivity contribution < 1.29 is 4.79 Å². The van der Waals surface area contributed by atoms with Crippen LogP contribution >= 0.6 is 11.8 Å². The van der Waals surface area contributed by atoms with E-state index in [9.17, 15) is 4.79 Å². The third-order valence-electron chi connectivity index (χ3n) is 5.32. The lowest BCUT2D eigenvalue weighted by molar-refractivity contribution is -0.131. The predicted octanol–water partition coefficient (Wildman–Crippen LogP) is 3.10. The zero-order chi connectivity index (χ0) is 14.8. The summed E-state index contributed by atoms with van der Waals surface area (Å²) in [6, 6.07) is 0.0738. The van der Waals surface area contributed by atoms with Crippen molar-refractivity contribution in [1.29, 1.82) is 0 Å². The minimum atomic E-state index is 0.0738. The van der Waals surface area contributed by atoms with Crippen molar-refractivity contribution in [3.05, 3.63) is 0 Å². The Hall–Kier alpha value is -0.220. The van der Waals surface area contributed by atoms with Crippen molar-refractivity contribution >= 4 is 17.7 Å². The molecule has 3 rings (SSSR count). The van der Waals surface area contributed by atoms with Crippen LogP contribution in [0.1, 0.15) is 52.4 Å². The van der Waals surface area contributed by atoms with E-state index < -0.39 is 0 Å². The summed E-state index contributed by atoms with van der Waals surface area (Å²) < 4.78 is 0. The first-order valence-electron chi connectivity index (χ1n) is 8.79. The maximum absolute atomic E-state index is 12.9. The van der Waals surface area contributed by atoms with Gasteiger partial charge < -0.3 is 4.90 Å². The Bertz CT molecular complexity index is 362. The van der Waals surface area contributed by atoms with Gasteiger partial charge in [-0.05, 0) is 54.9 Å². The fraction of sp³-hybridized carbons (Fsp3) is 0.941. The summed E-state index contributed by atoms with van der Waals surface area (Å²) in [6.07, 6.45) is 7.90. The molecule has 3 aliphatic rings. The Kier molecular flexibility index (Phi) is 5.15. The highest BCUT2D eigenvalue weighted by atomic mass is 32.2. The molecule has 0 radical (unpaired) electrons. The molecule has 3 nitrogen and oxygen atoms in total. The summed E-state index contributed by atoms with van der Waals surface area (Å²) in [4.78, 5) is 15.1. The Morgan fingerprint density at radius 2 is 2.05 bits per heavy atom. The molecule has 1 amide bonds. The molecular formula is C17H30N2OS. The molecule has 1 N–H and O–H groups in total. The van der Waals surface area contributed by atoms with E-state index in [-0.39, 0.29) is 6.04 Å². The van der Waals surface area contributed by atoms with Crippen LogP contribution in [0.5, 0.6) is 0 Å². The number of rotatable bonds is 5. The average Bonchev–Trinajstić information content (AvgIpc) is 3.15. The van der Waals surface area contributed by atoms with Gasteiger partial charge in [-0.25, -0.2) is 0 Å². The number of carbonyl (C=O) groups excluding carboxylic acids is 1. The van der Waals surface area contributed by atoms with E-state index >= 15 is 0 Å². The number of amides is 1. The topological polar surface area (TPSA) is 32.3 Å². The highest BCUT2D eigenvalue weighted by Gasteiger charge is 2.43. The molecule has 2 saturated heterocycles. The molecule has 0 aromatic rings. The zero-order valence-corrected chi connectivity index (χ0v) is 14.3. The van der Waals surface area contributed by atoms with Gasteiger partial charge in [0.15, 0.2) is 0 Å². The van der Waals surface area contributed by atoms with Gasteiger partial charge in [-0.1, -0.05) is 26.7 Å². The molecule has 3 unspecified atom stereocenters. The van der Waals surface area contributed by atoms with E-state index in [1.807, 2.05) is 0 Å². The molecule has 0 aromatic heterocycles. The van der Waals surface area contributed by atoms with Crippen molar-refractivity contribution in [3.63, 3.8) is 0 Å². The van der Waals surface area contributed by atoms with Gasteiger partial charge in [0.05, 0.1) is 12.2 Å². The lowest BCUT2D eigenvalue weighted by Crippen LogP contribution is -2.44. The maximum atomic E-state index is 12.9. The number of hydrogen-bond donors (Lipinski definition) is 1. The van der Waals surface area contributed by atoms with E-state index in [0.29, 0.717) is 23.9 Å². The molecule has 3 atom stereocenters. The Morgan fingerprint density at radius 1 is 1.29 bits per heavy atom. The standard InChI is InChI=1S/C17H30N2OS/c1-12(2)9-15-17(20)19(10-13-7-8-21-11-13)16(18-15)14-5-3-4-6-14/h12-16,18H,3-11H2,1-2H3. The first-order chi connectivity index (χ1) is 10.1. The number of nitrogens with zero attached hydrogens (tertiary/aromatic N) is 1. The minimum absolute atomic E-state index is 0.0738. The van der Waals surface area contributed by atoms with E-state index in [1.165, 1.54) is 43.6 Å². The number of hydrogen-bond acceptors (Lipinski definition) is 3. The van der Waals surface area contributed by atoms with Crippen LogP contribution in [0.2, 0.25) is 0 Å². The van der Waals surface area contributed by atoms with Crippen LogP contribution in [-0.2, 0) is 4.79 Å². The molecule has 0 spiro atoms. The van der Waals surface area contributed by atoms with E-state index in [1.54, 1.807) is 0 Å². The molecule has 2 aliphatic heterocycles. The van der Waals surface area contributed by atoms with Gasteiger partial charge in [0.2, 0.25) is 5.91 Å². The normalized spacial score (nSPS) is 34.5. The predicted molar refractivity (Wildman–Crippen MR) is 89.3 cm³/mol. The molecule has 120 valence electrons. The van der Waals surface area contributed by atoms with Gasteiger partial charge in [0.25, 0.3) is 0 Å². The molecule has 0 aromatic carbocycles. The van der Waals surface area contributed by atoms with Gasteiger partial charge in [-0.2, -0.15) is 11.8 Å². The van der Waals surface area contributed by atoms with Crippen LogP contribution in [-0.4, -0.2) is 41.1 Å². The summed E-state index contributed by atoms with van der Waals surface area (Å²) in [7, 11) is 0. The van der Waals surface area contributed by atoms with Crippen molar-refractivity contribution in [2.75, 3.05) is 18.1 Å². The first-order valence-corrected chi connectivity index (χ1v) is 9.95. The van der Waals surface area contributed by atoms with Crippen LogP contribution in [0.25, 0.3) is 0 Å². The van der Waals surface area contributed by atoms with Crippen molar-refractivity contribution in [3.8, 4) is 0 Å². The maximum Gasteiger partial charge on any atom is 0.241 e. The summed E-state index contributed by atoms with van der Waals surface area (Å²) in [5, 5.41) is 3.71. The monoisotopic (exact) mass is 310 g/mol. The smallest absolute Gasteiger partial charge is 0.241 e. The van der Waals surface area contributed by atoms with Crippen LogP contribution in [0.15, 0.2) is 0 Å². The minimum Gasteiger partial charge on any atom is -0.325 e. The zero-order valence-electron chi connectivity index (χ0n) is 13.5. The molecule has 21 heavy (non-hydrogen) atoms. The third kappa shape index (κ3) is 3.58. The van der Waals surface area contributed by atoms with E-state index in [2.05, 4.69) is 35.8 Å². The lowest BCUT2D eigenvalue weighted by Gasteiger charge is -2.30. The molecule has 0 bridgehead atoms. The van der Waals surface area contributed by atoms with E-state index in [4.69, 9.17) is 0 Å². The van der Waals surface area contributed by atoms with Gasteiger partial charge in [0.1, 0.15) is 0 Å². The summed E-state index contributed by atoms with van der Waals surface area (Å²) in [5.74, 6) is 4.91. The van der Waals surface area contributed by atoms with Crippen molar-refractivity contribution in [2.24, 2.45) is 17.8 Å². The summed E-state index contributed by atoms with van der Waals surface area (Å²) >= 11 is 2.05. The van der Waals surface area contributed by atoms with Crippen molar-refractivity contribution in [2.45, 2.75) is 64.6 Å². The molecule has 1 aliphatic carbocycles. The highest BCUT2D eigenvalue weighted by Crippen LogP contribution is 2.34. The van der Waals surface area contributed by atoms with Crippen LogP contribution in [0.3, 0.4) is 0 Å². The molecule has 4 heteroatoms. The summed E-state index contributed by atoms with van der Waals surface area (Å²) in [5.41, 5.74) is 0. The van der Waals surface area contributed by atoms with Crippen molar-refractivity contribution in [1.82, 2.24) is 10.2 Å². The van der Waals surface area contributed by atoms with Crippen LogP contribution in [0, 0.1) is 17.8 Å². The van der Waals surface area contributed by atoms with Crippen LogP contribution in [0.4, 0.5) is 0 Å². The molecule has 2 heterocycles.